The van der Waals surface area contributed by atoms with E-state index in [9.17, 15) is 9.59 Å². The van der Waals surface area contributed by atoms with Crippen LogP contribution in [0.25, 0.3) is 11.1 Å². The summed E-state index contributed by atoms with van der Waals surface area (Å²) in [4.78, 5) is 23.0. The van der Waals surface area contributed by atoms with Crippen molar-refractivity contribution >= 4 is 11.8 Å². The van der Waals surface area contributed by atoms with Crippen LogP contribution in [-0.2, 0) is 0 Å². The molecule has 3 nitrogen and oxygen atoms in total. The van der Waals surface area contributed by atoms with Gasteiger partial charge in [0.1, 0.15) is 0 Å². The fourth-order valence-corrected chi connectivity index (χ4v) is 2.09. The third-order valence-corrected chi connectivity index (χ3v) is 3.12. The number of hydrogen-bond donors (Lipinski definition) is 1. The number of amides is 2. The maximum absolute atomic E-state index is 11.6. The van der Waals surface area contributed by atoms with Crippen molar-refractivity contribution in [3.8, 4) is 11.1 Å². The van der Waals surface area contributed by atoms with Gasteiger partial charge in [0.15, 0.2) is 0 Å². The second kappa shape index (κ2) is 3.81. The van der Waals surface area contributed by atoms with Gasteiger partial charge in [0.05, 0.1) is 11.1 Å². The molecule has 2 aromatic carbocycles. The van der Waals surface area contributed by atoms with E-state index < -0.39 is 0 Å². The zero-order valence-electron chi connectivity index (χ0n) is 9.86. The van der Waals surface area contributed by atoms with E-state index in [-0.39, 0.29) is 11.8 Å². The Bertz CT molecular complexity index is 657. The van der Waals surface area contributed by atoms with Crippen LogP contribution >= 0.6 is 0 Å². The second-order valence-electron chi connectivity index (χ2n) is 4.41. The van der Waals surface area contributed by atoms with Crippen LogP contribution < -0.4 is 5.32 Å². The Kier molecular flexibility index (Phi) is 2.27. The zero-order chi connectivity index (χ0) is 12.7. The molecule has 0 saturated carbocycles. The minimum absolute atomic E-state index is 0.314. The molecular formula is C15H11NO2. The summed E-state index contributed by atoms with van der Waals surface area (Å²) in [5.74, 6) is -0.630. The third kappa shape index (κ3) is 1.61. The van der Waals surface area contributed by atoms with Gasteiger partial charge in [-0.2, -0.15) is 0 Å². The van der Waals surface area contributed by atoms with Crippen molar-refractivity contribution in [3.63, 3.8) is 0 Å². The van der Waals surface area contributed by atoms with Gasteiger partial charge in [-0.3, -0.25) is 14.9 Å². The molecule has 18 heavy (non-hydrogen) atoms. The van der Waals surface area contributed by atoms with Crippen LogP contribution in [0.1, 0.15) is 26.3 Å². The molecule has 0 aliphatic carbocycles. The Balaban J connectivity index is 2.11. The van der Waals surface area contributed by atoms with E-state index in [0.717, 1.165) is 11.1 Å². The zero-order valence-corrected chi connectivity index (χ0v) is 9.86. The Morgan fingerprint density at radius 1 is 0.778 bits per heavy atom. The van der Waals surface area contributed by atoms with Gasteiger partial charge in [-0.1, -0.05) is 35.9 Å². The highest BCUT2D eigenvalue weighted by atomic mass is 16.2. The highest BCUT2D eigenvalue weighted by molar-refractivity contribution is 6.21. The predicted octanol–water partition coefficient (Wildman–Crippen LogP) is 2.55. The highest BCUT2D eigenvalue weighted by Gasteiger charge is 2.26. The topological polar surface area (TPSA) is 46.2 Å². The quantitative estimate of drug-likeness (QED) is 0.775. The van der Waals surface area contributed by atoms with Gasteiger partial charge < -0.3 is 0 Å². The third-order valence-electron chi connectivity index (χ3n) is 3.12. The van der Waals surface area contributed by atoms with E-state index in [1.807, 2.05) is 37.3 Å². The summed E-state index contributed by atoms with van der Waals surface area (Å²) in [6.45, 7) is 2.03. The number of fused-ring (bicyclic) bond motifs is 1. The fourth-order valence-electron chi connectivity index (χ4n) is 2.09. The molecule has 0 spiro atoms. The summed E-state index contributed by atoms with van der Waals surface area (Å²) >= 11 is 0. The molecule has 3 rings (SSSR count). The van der Waals surface area contributed by atoms with Crippen molar-refractivity contribution in [1.29, 1.82) is 0 Å². The number of imide groups is 1. The van der Waals surface area contributed by atoms with Gasteiger partial charge in [0, 0.05) is 0 Å². The lowest BCUT2D eigenvalue weighted by molar-refractivity contribution is 0.0879. The maximum Gasteiger partial charge on any atom is 0.258 e. The number of hydrogen-bond acceptors (Lipinski definition) is 2. The number of nitrogens with one attached hydrogen (secondary N) is 1. The van der Waals surface area contributed by atoms with E-state index in [1.165, 1.54) is 5.56 Å². The Hall–Kier alpha value is -2.42. The molecule has 1 aliphatic heterocycles. The number of carbonyl (C=O) groups is 2. The summed E-state index contributed by atoms with van der Waals surface area (Å²) in [5, 5.41) is 2.29. The monoisotopic (exact) mass is 237 g/mol. The minimum atomic E-state index is -0.316. The van der Waals surface area contributed by atoms with E-state index >= 15 is 0 Å². The molecule has 3 heteroatoms. The molecule has 1 heterocycles. The van der Waals surface area contributed by atoms with Crippen molar-refractivity contribution in [3.05, 3.63) is 59.2 Å². The number of carbonyl (C=O) groups excluding carboxylic acids is 2. The first-order valence-electron chi connectivity index (χ1n) is 5.72. The van der Waals surface area contributed by atoms with Gasteiger partial charge in [0.2, 0.25) is 0 Å². The number of aryl methyl sites for hydroxylation is 1. The molecule has 1 aliphatic rings. The summed E-state index contributed by atoms with van der Waals surface area (Å²) < 4.78 is 0. The SMILES string of the molecule is Cc1ccc(-c2ccc3c(c2)C(=O)NC3=O)cc1. The number of benzene rings is 2. The van der Waals surface area contributed by atoms with E-state index in [4.69, 9.17) is 0 Å². The van der Waals surface area contributed by atoms with Crippen LogP contribution in [0.2, 0.25) is 0 Å². The second-order valence-corrected chi connectivity index (χ2v) is 4.41. The normalized spacial score (nSPS) is 13.4. The van der Waals surface area contributed by atoms with Gasteiger partial charge in [-0.25, -0.2) is 0 Å². The Labute approximate surface area is 104 Å². The lowest BCUT2D eigenvalue weighted by Crippen LogP contribution is -2.19. The molecule has 1 N–H and O–H groups in total. The van der Waals surface area contributed by atoms with Crippen LogP contribution in [0.15, 0.2) is 42.5 Å². The molecule has 0 aromatic heterocycles. The van der Waals surface area contributed by atoms with Crippen LogP contribution in [0.5, 0.6) is 0 Å². The summed E-state index contributed by atoms with van der Waals surface area (Å²) in [5.41, 5.74) is 4.08. The Morgan fingerprint density at radius 3 is 2.11 bits per heavy atom. The van der Waals surface area contributed by atoms with Crippen molar-refractivity contribution in [2.75, 3.05) is 0 Å². The standard InChI is InChI=1S/C15H11NO2/c1-9-2-4-10(5-3-9)11-6-7-12-13(8-11)15(18)16-14(12)17/h2-8H,1H3,(H,16,17,18). The van der Waals surface area contributed by atoms with Crippen LogP contribution in [0.3, 0.4) is 0 Å². The summed E-state index contributed by atoms with van der Waals surface area (Å²) in [6, 6.07) is 13.4. The molecule has 0 saturated heterocycles. The average molecular weight is 237 g/mol. The summed E-state index contributed by atoms with van der Waals surface area (Å²) in [6.07, 6.45) is 0. The molecule has 0 fully saturated rings. The van der Waals surface area contributed by atoms with Crippen molar-refractivity contribution < 1.29 is 9.59 Å². The van der Waals surface area contributed by atoms with Gasteiger partial charge in [-0.05, 0) is 30.2 Å². The molecule has 0 atom stereocenters. The summed E-state index contributed by atoms with van der Waals surface area (Å²) in [7, 11) is 0. The smallest absolute Gasteiger partial charge is 0.258 e. The first-order chi connectivity index (χ1) is 8.65. The van der Waals surface area contributed by atoms with E-state index in [0.29, 0.717) is 11.1 Å². The molecule has 0 bridgehead atoms. The van der Waals surface area contributed by atoms with Crippen LogP contribution in [0.4, 0.5) is 0 Å². The average Bonchev–Trinajstić information content (AvgIpc) is 2.66. The maximum atomic E-state index is 11.6. The Morgan fingerprint density at radius 2 is 1.39 bits per heavy atom. The first kappa shape index (κ1) is 10.7. The van der Waals surface area contributed by atoms with Crippen LogP contribution in [0, 0.1) is 6.92 Å². The highest BCUT2D eigenvalue weighted by Crippen LogP contribution is 2.25. The van der Waals surface area contributed by atoms with Crippen molar-refractivity contribution in [2.24, 2.45) is 0 Å². The molecule has 88 valence electrons. The molecule has 2 amide bonds. The molecular weight excluding hydrogens is 226 g/mol. The van der Waals surface area contributed by atoms with Gasteiger partial charge >= 0.3 is 0 Å². The van der Waals surface area contributed by atoms with Crippen molar-refractivity contribution in [1.82, 2.24) is 5.32 Å². The lowest BCUT2D eigenvalue weighted by atomic mass is 9.99. The van der Waals surface area contributed by atoms with Crippen molar-refractivity contribution in [2.45, 2.75) is 6.92 Å². The minimum Gasteiger partial charge on any atom is -0.288 e. The van der Waals surface area contributed by atoms with E-state index in [1.54, 1.807) is 12.1 Å². The van der Waals surface area contributed by atoms with Crippen LogP contribution in [-0.4, -0.2) is 11.8 Å². The largest absolute Gasteiger partial charge is 0.288 e. The lowest BCUT2D eigenvalue weighted by Gasteiger charge is -2.03. The predicted molar refractivity (Wildman–Crippen MR) is 68.4 cm³/mol. The van der Waals surface area contributed by atoms with E-state index in [2.05, 4.69) is 5.32 Å². The number of rotatable bonds is 1. The van der Waals surface area contributed by atoms with Gasteiger partial charge in [0.25, 0.3) is 11.8 Å². The van der Waals surface area contributed by atoms with Gasteiger partial charge in [-0.15, -0.1) is 0 Å². The molecule has 0 radical (unpaired) electrons. The fraction of sp³-hybridized carbons (Fsp3) is 0.0667. The molecule has 0 unspecified atom stereocenters. The molecule has 2 aromatic rings. The first-order valence-corrected chi connectivity index (χ1v) is 5.72.